The van der Waals surface area contributed by atoms with Gasteiger partial charge in [0.05, 0.1) is 20.1 Å². The first-order valence-corrected chi connectivity index (χ1v) is 6.38. The van der Waals surface area contributed by atoms with E-state index in [4.69, 9.17) is 9.47 Å². The van der Waals surface area contributed by atoms with Crippen molar-refractivity contribution in [3.8, 4) is 5.75 Å². The van der Waals surface area contributed by atoms with Gasteiger partial charge < -0.3 is 9.47 Å². The van der Waals surface area contributed by atoms with Crippen LogP contribution in [-0.4, -0.2) is 20.2 Å². The maximum absolute atomic E-state index is 11.6. The molecule has 0 N–H and O–H groups in total. The van der Waals surface area contributed by atoms with E-state index in [1.807, 2.05) is 6.07 Å². The topological polar surface area (TPSA) is 35.5 Å². The summed E-state index contributed by atoms with van der Waals surface area (Å²) < 4.78 is 11.2. The number of hydrogen-bond donors (Lipinski definition) is 0. The zero-order chi connectivity index (χ0) is 12.4. The molecular weight excluding hydrogens is 284 g/mol. The van der Waals surface area contributed by atoms with Crippen LogP contribution in [0, 0.1) is 5.92 Å². The van der Waals surface area contributed by atoms with Gasteiger partial charge in [-0.1, -0.05) is 15.9 Å². The number of methoxy groups -OCH3 is 2. The number of rotatable bonds is 2. The summed E-state index contributed by atoms with van der Waals surface area (Å²) in [7, 11) is 3.10. The van der Waals surface area contributed by atoms with E-state index < -0.39 is 0 Å². The highest BCUT2D eigenvalue weighted by Gasteiger charge is 2.27. The van der Waals surface area contributed by atoms with Crippen LogP contribution in [0.4, 0.5) is 0 Å². The Hall–Kier alpha value is -1.03. The zero-order valence-electron chi connectivity index (χ0n) is 9.96. The van der Waals surface area contributed by atoms with E-state index in [0.29, 0.717) is 6.42 Å². The van der Waals surface area contributed by atoms with Crippen molar-refractivity contribution in [1.82, 2.24) is 0 Å². The van der Waals surface area contributed by atoms with Gasteiger partial charge in [-0.05, 0) is 42.5 Å². The fourth-order valence-electron chi connectivity index (χ4n) is 2.35. The number of halogens is 1. The molecule has 0 spiro atoms. The summed E-state index contributed by atoms with van der Waals surface area (Å²) in [5, 5.41) is 0. The minimum absolute atomic E-state index is 0.0393. The summed E-state index contributed by atoms with van der Waals surface area (Å²) in [5.41, 5.74) is 2.40. The molecule has 1 aromatic rings. The number of carbonyl (C=O) groups excluding carboxylic acids is 1. The highest BCUT2D eigenvalue weighted by Crippen LogP contribution is 2.35. The smallest absolute Gasteiger partial charge is 0.309 e. The SMILES string of the molecule is COC(=O)C1CCc2cc(Br)cc(OC)c2C1. The van der Waals surface area contributed by atoms with Gasteiger partial charge in [0.2, 0.25) is 0 Å². The summed E-state index contributed by atoms with van der Waals surface area (Å²) >= 11 is 3.47. The van der Waals surface area contributed by atoms with E-state index in [1.54, 1.807) is 7.11 Å². The summed E-state index contributed by atoms with van der Waals surface area (Å²) in [6, 6.07) is 4.05. The van der Waals surface area contributed by atoms with E-state index >= 15 is 0 Å². The van der Waals surface area contributed by atoms with Gasteiger partial charge in [0, 0.05) is 4.47 Å². The Balaban J connectivity index is 2.33. The molecule has 1 unspecified atom stereocenters. The molecule has 1 aromatic carbocycles. The quantitative estimate of drug-likeness (QED) is 0.788. The van der Waals surface area contributed by atoms with Crippen LogP contribution in [0.25, 0.3) is 0 Å². The van der Waals surface area contributed by atoms with Crippen LogP contribution in [0.3, 0.4) is 0 Å². The van der Waals surface area contributed by atoms with E-state index in [2.05, 4.69) is 22.0 Å². The van der Waals surface area contributed by atoms with Crippen molar-refractivity contribution < 1.29 is 14.3 Å². The van der Waals surface area contributed by atoms with Crippen LogP contribution in [0.1, 0.15) is 17.5 Å². The third kappa shape index (κ3) is 2.46. The van der Waals surface area contributed by atoms with Crippen molar-refractivity contribution in [1.29, 1.82) is 0 Å². The Morgan fingerprint density at radius 2 is 2.18 bits per heavy atom. The maximum Gasteiger partial charge on any atom is 0.309 e. The Bertz CT molecular complexity index is 425. The van der Waals surface area contributed by atoms with Gasteiger partial charge in [-0.15, -0.1) is 0 Å². The van der Waals surface area contributed by atoms with Crippen LogP contribution in [0.2, 0.25) is 0 Å². The molecule has 0 aliphatic heterocycles. The number of benzene rings is 1. The Morgan fingerprint density at radius 1 is 1.41 bits per heavy atom. The van der Waals surface area contributed by atoms with Gasteiger partial charge in [-0.3, -0.25) is 4.79 Å². The highest BCUT2D eigenvalue weighted by atomic mass is 79.9. The van der Waals surface area contributed by atoms with Crippen LogP contribution >= 0.6 is 15.9 Å². The molecule has 0 saturated carbocycles. The molecule has 0 fully saturated rings. The lowest BCUT2D eigenvalue weighted by Gasteiger charge is -2.24. The molecule has 17 heavy (non-hydrogen) atoms. The molecule has 1 aliphatic carbocycles. The van der Waals surface area contributed by atoms with E-state index in [0.717, 1.165) is 28.6 Å². The predicted molar refractivity (Wildman–Crippen MR) is 68.2 cm³/mol. The Kier molecular flexibility index (Phi) is 3.72. The van der Waals surface area contributed by atoms with Crippen molar-refractivity contribution in [2.75, 3.05) is 14.2 Å². The fraction of sp³-hybridized carbons (Fsp3) is 0.462. The summed E-state index contributed by atoms with van der Waals surface area (Å²) in [6.45, 7) is 0. The fourth-order valence-corrected chi connectivity index (χ4v) is 2.83. The molecular formula is C13H15BrO3. The van der Waals surface area contributed by atoms with Crippen molar-refractivity contribution in [3.63, 3.8) is 0 Å². The second-order valence-electron chi connectivity index (χ2n) is 4.21. The zero-order valence-corrected chi connectivity index (χ0v) is 11.5. The molecule has 0 amide bonds. The van der Waals surface area contributed by atoms with E-state index in [-0.39, 0.29) is 11.9 Å². The van der Waals surface area contributed by atoms with Gasteiger partial charge in [-0.25, -0.2) is 0 Å². The van der Waals surface area contributed by atoms with Gasteiger partial charge in [0.15, 0.2) is 0 Å². The largest absolute Gasteiger partial charge is 0.496 e. The first kappa shape index (κ1) is 12.4. The predicted octanol–water partition coefficient (Wildman–Crippen LogP) is 2.74. The lowest BCUT2D eigenvalue weighted by atomic mass is 9.83. The van der Waals surface area contributed by atoms with Gasteiger partial charge >= 0.3 is 5.97 Å². The first-order chi connectivity index (χ1) is 8.15. The second kappa shape index (κ2) is 5.08. The van der Waals surface area contributed by atoms with Crippen LogP contribution < -0.4 is 4.74 Å². The maximum atomic E-state index is 11.6. The molecule has 3 nitrogen and oxygen atoms in total. The van der Waals surface area contributed by atoms with Crippen LogP contribution in [0.5, 0.6) is 5.75 Å². The lowest BCUT2D eigenvalue weighted by Crippen LogP contribution is -2.24. The molecule has 0 saturated heterocycles. The van der Waals surface area contributed by atoms with Crippen LogP contribution in [-0.2, 0) is 22.4 Å². The number of aryl methyl sites for hydroxylation is 1. The summed E-state index contributed by atoms with van der Waals surface area (Å²) in [4.78, 5) is 11.6. The first-order valence-electron chi connectivity index (χ1n) is 5.58. The normalized spacial score (nSPS) is 18.4. The standard InChI is InChI=1S/C13H15BrO3/c1-16-12-7-10(14)5-8-3-4-9(6-11(8)12)13(15)17-2/h5,7,9H,3-4,6H2,1-2H3. The minimum atomic E-state index is -0.124. The number of hydrogen-bond acceptors (Lipinski definition) is 3. The molecule has 0 radical (unpaired) electrons. The van der Waals surface area contributed by atoms with Gasteiger partial charge in [0.1, 0.15) is 5.75 Å². The third-order valence-electron chi connectivity index (χ3n) is 3.23. The van der Waals surface area contributed by atoms with Crippen molar-refractivity contribution in [2.24, 2.45) is 5.92 Å². The molecule has 1 aliphatic rings. The summed E-state index contributed by atoms with van der Waals surface area (Å²) in [5.74, 6) is 0.686. The molecule has 0 aromatic heterocycles. The molecule has 92 valence electrons. The molecule has 0 bridgehead atoms. The number of fused-ring (bicyclic) bond motifs is 1. The lowest BCUT2D eigenvalue weighted by molar-refractivity contribution is -0.145. The molecule has 0 heterocycles. The second-order valence-corrected chi connectivity index (χ2v) is 5.12. The molecule has 1 atom stereocenters. The number of ether oxygens (including phenoxy) is 2. The Labute approximate surface area is 109 Å². The molecule has 4 heteroatoms. The van der Waals surface area contributed by atoms with Crippen molar-refractivity contribution in [2.45, 2.75) is 19.3 Å². The summed E-state index contributed by atoms with van der Waals surface area (Å²) in [6.07, 6.45) is 2.45. The van der Waals surface area contributed by atoms with Crippen molar-refractivity contribution in [3.05, 3.63) is 27.7 Å². The van der Waals surface area contributed by atoms with Crippen LogP contribution in [0.15, 0.2) is 16.6 Å². The minimum Gasteiger partial charge on any atom is -0.496 e. The number of carbonyl (C=O) groups is 1. The third-order valence-corrected chi connectivity index (χ3v) is 3.69. The van der Waals surface area contributed by atoms with Crippen molar-refractivity contribution >= 4 is 21.9 Å². The van der Waals surface area contributed by atoms with E-state index in [9.17, 15) is 4.79 Å². The Morgan fingerprint density at radius 3 is 2.82 bits per heavy atom. The van der Waals surface area contributed by atoms with Gasteiger partial charge in [-0.2, -0.15) is 0 Å². The monoisotopic (exact) mass is 298 g/mol. The average Bonchev–Trinajstić information content (AvgIpc) is 2.36. The van der Waals surface area contributed by atoms with Gasteiger partial charge in [0.25, 0.3) is 0 Å². The number of esters is 1. The average molecular weight is 299 g/mol. The highest BCUT2D eigenvalue weighted by molar-refractivity contribution is 9.10. The molecule has 2 rings (SSSR count). The van der Waals surface area contributed by atoms with E-state index in [1.165, 1.54) is 12.7 Å².